The van der Waals surface area contributed by atoms with Gasteiger partial charge in [-0.15, -0.1) is 5.46 Å². The van der Waals surface area contributed by atoms with Gasteiger partial charge < -0.3 is 22.3 Å². The molecule has 5 heteroatoms. The van der Waals surface area contributed by atoms with Gasteiger partial charge in [-0.1, -0.05) is 122 Å². The maximum atomic E-state index is 10.8. The van der Waals surface area contributed by atoms with Crippen LogP contribution in [0.3, 0.4) is 0 Å². The molecule has 0 fully saturated rings. The first kappa shape index (κ1) is 28.3. The summed E-state index contributed by atoms with van der Waals surface area (Å²) in [5.41, 5.74) is 1.59. The van der Waals surface area contributed by atoms with Crippen LogP contribution in [0.15, 0.2) is 24.3 Å². The van der Waals surface area contributed by atoms with Gasteiger partial charge in [0.1, 0.15) is 0 Å². The monoisotopic (exact) mass is 380 g/mol. The van der Waals surface area contributed by atoms with Crippen molar-refractivity contribution in [1.82, 2.24) is 12.3 Å². The van der Waals surface area contributed by atoms with Gasteiger partial charge in [-0.05, 0) is 18.4 Å². The van der Waals surface area contributed by atoms with Crippen molar-refractivity contribution in [3.63, 3.8) is 0 Å². The fourth-order valence-electron chi connectivity index (χ4n) is 3.37. The SMILES string of the molecule is CCCCCCCCCCCCCCCCc1ccc(B([O-])[O-])cc1.[NH4+].[NH4+]. The van der Waals surface area contributed by atoms with E-state index >= 15 is 0 Å². The van der Waals surface area contributed by atoms with Gasteiger partial charge in [0, 0.05) is 0 Å². The molecule has 0 radical (unpaired) electrons. The quantitative estimate of drug-likeness (QED) is 0.314. The molecule has 0 bridgehead atoms. The van der Waals surface area contributed by atoms with Crippen molar-refractivity contribution < 1.29 is 10.0 Å². The molecule has 0 aromatic heterocycles. The van der Waals surface area contributed by atoms with Crippen molar-refractivity contribution >= 4 is 12.6 Å². The number of hydrogen-bond donors (Lipinski definition) is 2. The van der Waals surface area contributed by atoms with Crippen molar-refractivity contribution in [1.29, 1.82) is 0 Å². The Hall–Kier alpha value is -0.875. The molecule has 0 aliphatic carbocycles. The van der Waals surface area contributed by atoms with E-state index < -0.39 is 7.12 Å². The molecule has 0 amide bonds. The van der Waals surface area contributed by atoms with Gasteiger partial charge in [-0.2, -0.15) is 0 Å². The van der Waals surface area contributed by atoms with E-state index in [4.69, 9.17) is 0 Å². The van der Waals surface area contributed by atoms with Crippen LogP contribution in [0.2, 0.25) is 0 Å². The highest BCUT2D eigenvalue weighted by molar-refractivity contribution is 6.55. The summed E-state index contributed by atoms with van der Waals surface area (Å²) < 4.78 is 0. The molecular formula is C22H45BN2O2. The third kappa shape index (κ3) is 15.8. The lowest BCUT2D eigenvalue weighted by Gasteiger charge is -2.26. The summed E-state index contributed by atoms with van der Waals surface area (Å²) in [6.07, 6.45) is 20.4. The zero-order valence-electron chi connectivity index (χ0n) is 18.3. The normalized spacial score (nSPS) is 10.2. The highest BCUT2D eigenvalue weighted by Gasteiger charge is 1.96. The Labute approximate surface area is 168 Å². The molecule has 1 aromatic carbocycles. The molecule has 4 nitrogen and oxygen atoms in total. The Morgan fingerprint density at radius 1 is 0.593 bits per heavy atom. The van der Waals surface area contributed by atoms with Crippen molar-refractivity contribution in [3.05, 3.63) is 29.8 Å². The minimum Gasteiger partial charge on any atom is -0.889 e. The molecule has 27 heavy (non-hydrogen) atoms. The van der Waals surface area contributed by atoms with Crippen LogP contribution in [-0.2, 0) is 6.42 Å². The Balaban J connectivity index is 0. The van der Waals surface area contributed by atoms with Crippen LogP contribution in [0.5, 0.6) is 0 Å². The van der Waals surface area contributed by atoms with E-state index in [1.165, 1.54) is 95.5 Å². The number of quaternary nitrogens is 2. The first-order chi connectivity index (χ1) is 12.2. The highest BCUT2D eigenvalue weighted by Crippen LogP contribution is 2.13. The third-order valence-electron chi connectivity index (χ3n) is 5.07. The summed E-state index contributed by atoms with van der Waals surface area (Å²) >= 11 is 0. The highest BCUT2D eigenvalue weighted by atomic mass is 16.4. The van der Waals surface area contributed by atoms with E-state index in [-0.39, 0.29) is 12.3 Å². The molecule has 0 heterocycles. The van der Waals surface area contributed by atoms with E-state index in [0.29, 0.717) is 5.46 Å². The fourth-order valence-corrected chi connectivity index (χ4v) is 3.37. The van der Waals surface area contributed by atoms with Gasteiger partial charge in [0.15, 0.2) is 0 Å². The van der Waals surface area contributed by atoms with Crippen LogP contribution in [-0.4, -0.2) is 7.12 Å². The summed E-state index contributed by atoms with van der Waals surface area (Å²) in [7, 11) is -1.85. The first-order valence-electron chi connectivity index (χ1n) is 10.6. The second-order valence-corrected chi connectivity index (χ2v) is 7.42. The van der Waals surface area contributed by atoms with Crippen LogP contribution in [0.4, 0.5) is 0 Å². The van der Waals surface area contributed by atoms with Crippen molar-refractivity contribution in [2.75, 3.05) is 0 Å². The smallest absolute Gasteiger partial charge is 0.0279 e. The summed E-state index contributed by atoms with van der Waals surface area (Å²) in [6.45, 7) is 2.28. The number of rotatable bonds is 16. The second-order valence-electron chi connectivity index (χ2n) is 7.42. The van der Waals surface area contributed by atoms with Crippen molar-refractivity contribution in [2.24, 2.45) is 0 Å². The molecule has 0 saturated heterocycles. The number of hydrogen-bond acceptors (Lipinski definition) is 2. The Morgan fingerprint density at radius 2 is 0.963 bits per heavy atom. The Bertz CT molecular complexity index is 413. The molecular weight excluding hydrogens is 335 g/mol. The second kappa shape index (κ2) is 19.9. The van der Waals surface area contributed by atoms with E-state index in [9.17, 15) is 10.0 Å². The molecule has 0 atom stereocenters. The lowest BCUT2D eigenvalue weighted by molar-refractivity contribution is -0.341. The van der Waals surface area contributed by atoms with E-state index in [1.807, 2.05) is 12.1 Å². The van der Waals surface area contributed by atoms with Gasteiger partial charge in [0.05, 0.1) is 0 Å². The molecule has 0 unspecified atom stereocenters. The van der Waals surface area contributed by atoms with E-state index in [2.05, 4.69) is 6.92 Å². The van der Waals surface area contributed by atoms with Gasteiger partial charge in [-0.3, -0.25) is 0 Å². The van der Waals surface area contributed by atoms with Crippen LogP contribution in [0, 0.1) is 0 Å². The number of unbranched alkanes of at least 4 members (excludes halogenated alkanes) is 13. The van der Waals surface area contributed by atoms with Gasteiger partial charge in [-0.25, -0.2) is 0 Å². The molecule has 0 spiro atoms. The molecule has 8 N–H and O–H groups in total. The van der Waals surface area contributed by atoms with Crippen molar-refractivity contribution in [3.8, 4) is 0 Å². The first-order valence-corrected chi connectivity index (χ1v) is 10.6. The topological polar surface area (TPSA) is 119 Å². The molecule has 1 aromatic rings. The molecule has 158 valence electrons. The Kier molecular flexibility index (Phi) is 20.9. The minimum atomic E-state index is -1.85. The lowest BCUT2D eigenvalue weighted by atomic mass is 9.80. The van der Waals surface area contributed by atoms with E-state index in [1.54, 1.807) is 12.1 Å². The van der Waals surface area contributed by atoms with Gasteiger partial charge >= 0.3 is 0 Å². The minimum absolute atomic E-state index is 0. The standard InChI is InChI=1S/C22H37BO2.2H3N/c1-2-3-4-5-6-7-8-9-10-11-12-13-14-15-16-21-17-19-22(20-18-21)23(24)25;;/h17-20H,2-16H2,1H3;2*1H3/q-2;;/p+2. The van der Waals surface area contributed by atoms with Gasteiger partial charge in [0.2, 0.25) is 0 Å². The zero-order valence-corrected chi connectivity index (χ0v) is 18.3. The average molecular weight is 380 g/mol. The maximum absolute atomic E-state index is 10.8. The molecule has 0 aliphatic rings. The summed E-state index contributed by atoms with van der Waals surface area (Å²) in [5, 5.41) is 21.6. The summed E-state index contributed by atoms with van der Waals surface area (Å²) in [4.78, 5) is 0. The average Bonchev–Trinajstić information content (AvgIpc) is 2.62. The number of aryl methyl sites for hydroxylation is 1. The Morgan fingerprint density at radius 3 is 1.33 bits per heavy atom. The van der Waals surface area contributed by atoms with Crippen LogP contribution >= 0.6 is 0 Å². The molecule has 0 saturated carbocycles. The summed E-state index contributed by atoms with van der Waals surface area (Å²) in [6, 6.07) is 7.23. The van der Waals surface area contributed by atoms with Crippen molar-refractivity contribution in [2.45, 2.75) is 103 Å². The lowest BCUT2D eigenvalue weighted by Crippen LogP contribution is -2.55. The number of benzene rings is 1. The fraction of sp³-hybridized carbons (Fsp3) is 0.727. The van der Waals surface area contributed by atoms with E-state index in [0.717, 1.165) is 6.42 Å². The van der Waals surface area contributed by atoms with Crippen LogP contribution in [0.25, 0.3) is 0 Å². The van der Waals surface area contributed by atoms with Crippen LogP contribution in [0.1, 0.15) is 102 Å². The predicted molar refractivity (Wildman–Crippen MR) is 118 cm³/mol. The third-order valence-corrected chi connectivity index (χ3v) is 5.07. The maximum Gasteiger partial charge on any atom is -0.0279 e. The van der Waals surface area contributed by atoms with Crippen LogP contribution < -0.4 is 27.8 Å². The molecule has 1 rings (SSSR count). The predicted octanol–water partition coefficient (Wildman–Crippen LogP) is 4.88. The zero-order chi connectivity index (χ0) is 18.2. The largest absolute Gasteiger partial charge is 0.889 e. The van der Waals surface area contributed by atoms with Gasteiger partial charge in [0.25, 0.3) is 0 Å². The molecule has 0 aliphatic heterocycles. The summed E-state index contributed by atoms with van der Waals surface area (Å²) in [5.74, 6) is 0.